The van der Waals surface area contributed by atoms with Gasteiger partial charge in [0.15, 0.2) is 0 Å². The quantitative estimate of drug-likeness (QED) is 0.542. The zero-order valence-corrected chi connectivity index (χ0v) is 15.8. The van der Waals surface area contributed by atoms with E-state index < -0.39 is 0 Å². The molecule has 6 heteroatoms. The number of hydrogen-bond acceptors (Lipinski definition) is 4. The van der Waals surface area contributed by atoms with Gasteiger partial charge in [-0.2, -0.15) is 4.98 Å². The molecular weight excluding hydrogens is 367 g/mol. The molecule has 1 fully saturated rings. The van der Waals surface area contributed by atoms with Gasteiger partial charge in [0.25, 0.3) is 0 Å². The van der Waals surface area contributed by atoms with Gasteiger partial charge >= 0.3 is 0 Å². The van der Waals surface area contributed by atoms with Crippen molar-refractivity contribution in [2.75, 3.05) is 10.6 Å². The molecule has 1 aliphatic rings. The number of halogens is 2. The second kappa shape index (κ2) is 7.68. The minimum absolute atomic E-state index is 0.472. The molecule has 0 atom stereocenters. The van der Waals surface area contributed by atoms with Crippen LogP contribution in [0.1, 0.15) is 32.1 Å². The topological polar surface area (TPSA) is 49.8 Å². The normalized spacial score (nSPS) is 15.2. The van der Waals surface area contributed by atoms with Gasteiger partial charge in [0.2, 0.25) is 5.95 Å². The van der Waals surface area contributed by atoms with E-state index in [-0.39, 0.29) is 0 Å². The van der Waals surface area contributed by atoms with Gasteiger partial charge in [-0.1, -0.05) is 54.6 Å². The summed E-state index contributed by atoms with van der Waals surface area (Å²) >= 11 is 12.1. The summed E-state index contributed by atoms with van der Waals surface area (Å²) in [6, 6.07) is 13.9. The largest absolute Gasteiger partial charge is 0.367 e. The molecule has 0 aliphatic heterocycles. The van der Waals surface area contributed by atoms with E-state index in [9.17, 15) is 0 Å². The molecule has 134 valence electrons. The summed E-state index contributed by atoms with van der Waals surface area (Å²) < 4.78 is 0. The molecule has 4 rings (SSSR count). The van der Waals surface area contributed by atoms with Crippen LogP contribution in [0, 0.1) is 0 Å². The number of anilines is 3. The Morgan fingerprint density at radius 3 is 2.50 bits per heavy atom. The van der Waals surface area contributed by atoms with Crippen LogP contribution < -0.4 is 10.6 Å². The predicted molar refractivity (Wildman–Crippen MR) is 110 cm³/mol. The van der Waals surface area contributed by atoms with Crippen molar-refractivity contribution in [2.24, 2.45) is 0 Å². The fourth-order valence-corrected chi connectivity index (χ4v) is 3.68. The molecule has 0 unspecified atom stereocenters. The van der Waals surface area contributed by atoms with Crippen LogP contribution in [-0.2, 0) is 0 Å². The van der Waals surface area contributed by atoms with Crippen molar-refractivity contribution in [1.82, 2.24) is 9.97 Å². The highest BCUT2D eigenvalue weighted by atomic mass is 35.5. The van der Waals surface area contributed by atoms with Crippen LogP contribution in [0.5, 0.6) is 0 Å². The van der Waals surface area contributed by atoms with E-state index in [2.05, 4.69) is 21.7 Å². The Labute approximate surface area is 162 Å². The van der Waals surface area contributed by atoms with Gasteiger partial charge in [0.1, 0.15) is 5.82 Å². The Balaban J connectivity index is 1.67. The van der Waals surface area contributed by atoms with Crippen LogP contribution in [0.3, 0.4) is 0 Å². The van der Waals surface area contributed by atoms with E-state index in [1.807, 2.05) is 24.3 Å². The lowest BCUT2D eigenvalue weighted by molar-refractivity contribution is 0.462. The maximum Gasteiger partial charge on any atom is 0.229 e. The van der Waals surface area contributed by atoms with Crippen molar-refractivity contribution < 1.29 is 0 Å². The molecule has 0 saturated heterocycles. The van der Waals surface area contributed by atoms with Crippen LogP contribution in [0.15, 0.2) is 42.5 Å². The maximum atomic E-state index is 6.11. The zero-order valence-electron chi connectivity index (χ0n) is 14.3. The highest BCUT2D eigenvalue weighted by molar-refractivity contribution is 6.42. The third-order valence-electron chi connectivity index (χ3n) is 4.72. The monoisotopic (exact) mass is 386 g/mol. The fourth-order valence-electron chi connectivity index (χ4n) is 3.39. The van der Waals surface area contributed by atoms with Crippen molar-refractivity contribution >= 4 is 51.6 Å². The second-order valence-corrected chi connectivity index (χ2v) is 7.46. The maximum absolute atomic E-state index is 6.11. The minimum atomic E-state index is 0.472. The van der Waals surface area contributed by atoms with Crippen LogP contribution in [-0.4, -0.2) is 16.0 Å². The second-order valence-electron chi connectivity index (χ2n) is 6.65. The van der Waals surface area contributed by atoms with Gasteiger partial charge in [-0.05, 0) is 43.2 Å². The molecule has 0 radical (unpaired) electrons. The molecular formula is C20H20Cl2N4. The molecule has 2 N–H and O–H groups in total. The Morgan fingerprint density at radius 1 is 0.885 bits per heavy atom. The van der Waals surface area contributed by atoms with Crippen LogP contribution >= 0.6 is 23.2 Å². The zero-order chi connectivity index (χ0) is 17.9. The average Bonchev–Trinajstić information content (AvgIpc) is 2.66. The fraction of sp³-hybridized carbons (Fsp3) is 0.300. The van der Waals surface area contributed by atoms with Gasteiger partial charge < -0.3 is 10.6 Å². The Kier molecular flexibility index (Phi) is 5.14. The molecule has 2 aromatic carbocycles. The summed E-state index contributed by atoms with van der Waals surface area (Å²) in [7, 11) is 0. The smallest absolute Gasteiger partial charge is 0.229 e. The number of nitrogens with zero attached hydrogens (tertiary/aromatic N) is 2. The van der Waals surface area contributed by atoms with Gasteiger partial charge in [0, 0.05) is 17.1 Å². The minimum Gasteiger partial charge on any atom is -0.367 e. The molecule has 4 nitrogen and oxygen atoms in total. The summed E-state index contributed by atoms with van der Waals surface area (Å²) in [5, 5.41) is 8.93. The molecule has 0 spiro atoms. The number of hydrogen-bond donors (Lipinski definition) is 2. The first-order valence-corrected chi connectivity index (χ1v) is 9.70. The number of nitrogens with one attached hydrogen (secondary N) is 2. The third-order valence-corrected chi connectivity index (χ3v) is 5.46. The molecule has 0 bridgehead atoms. The van der Waals surface area contributed by atoms with E-state index >= 15 is 0 Å². The molecule has 1 aromatic heterocycles. The Bertz CT molecular complexity index is 923. The van der Waals surface area contributed by atoms with Crippen LogP contribution in [0.25, 0.3) is 10.9 Å². The first kappa shape index (κ1) is 17.4. The van der Waals surface area contributed by atoms with E-state index in [0.717, 1.165) is 22.4 Å². The molecule has 1 saturated carbocycles. The summed E-state index contributed by atoms with van der Waals surface area (Å²) in [6.45, 7) is 0. The lowest BCUT2D eigenvalue weighted by atomic mass is 9.95. The predicted octanol–water partition coefficient (Wildman–Crippen LogP) is 6.42. The van der Waals surface area contributed by atoms with Crippen LogP contribution in [0.4, 0.5) is 17.5 Å². The molecule has 1 aliphatic carbocycles. The Hall–Kier alpha value is -2.04. The Morgan fingerprint density at radius 2 is 1.69 bits per heavy atom. The standard InChI is InChI=1S/C20H20Cl2N4/c21-16-11-10-14(12-17(16)22)24-20-25-18-9-5-4-8-15(18)19(26-20)23-13-6-2-1-3-7-13/h4-5,8-13H,1-3,6-7H2,(H2,23,24,25,26). The highest BCUT2D eigenvalue weighted by Gasteiger charge is 2.16. The third kappa shape index (κ3) is 3.87. The van der Waals surface area contributed by atoms with Gasteiger partial charge in [-0.25, -0.2) is 4.98 Å². The van der Waals surface area contributed by atoms with E-state index in [0.29, 0.717) is 22.0 Å². The van der Waals surface area contributed by atoms with Gasteiger partial charge in [0.05, 0.1) is 15.6 Å². The van der Waals surface area contributed by atoms with Crippen molar-refractivity contribution in [1.29, 1.82) is 0 Å². The van der Waals surface area contributed by atoms with Crippen molar-refractivity contribution in [3.8, 4) is 0 Å². The summed E-state index contributed by atoms with van der Waals surface area (Å²) in [4.78, 5) is 9.37. The van der Waals surface area contributed by atoms with Crippen molar-refractivity contribution in [3.05, 3.63) is 52.5 Å². The van der Waals surface area contributed by atoms with Crippen molar-refractivity contribution in [3.63, 3.8) is 0 Å². The van der Waals surface area contributed by atoms with Crippen molar-refractivity contribution in [2.45, 2.75) is 38.1 Å². The van der Waals surface area contributed by atoms with E-state index in [1.165, 1.54) is 32.1 Å². The average molecular weight is 387 g/mol. The van der Waals surface area contributed by atoms with E-state index in [4.69, 9.17) is 28.2 Å². The highest BCUT2D eigenvalue weighted by Crippen LogP contribution is 2.29. The lowest BCUT2D eigenvalue weighted by Gasteiger charge is -2.24. The number of para-hydroxylation sites is 1. The van der Waals surface area contributed by atoms with Gasteiger partial charge in [-0.3, -0.25) is 0 Å². The molecule has 26 heavy (non-hydrogen) atoms. The summed E-state index contributed by atoms with van der Waals surface area (Å²) in [5.74, 6) is 1.42. The number of rotatable bonds is 4. The number of aromatic nitrogens is 2. The number of benzene rings is 2. The van der Waals surface area contributed by atoms with Gasteiger partial charge in [-0.15, -0.1) is 0 Å². The first-order chi connectivity index (χ1) is 12.7. The molecule has 1 heterocycles. The van der Waals surface area contributed by atoms with Crippen LogP contribution in [0.2, 0.25) is 10.0 Å². The van der Waals surface area contributed by atoms with E-state index in [1.54, 1.807) is 12.1 Å². The summed E-state index contributed by atoms with van der Waals surface area (Å²) in [5.41, 5.74) is 1.71. The molecule has 0 amide bonds. The first-order valence-electron chi connectivity index (χ1n) is 8.94. The lowest BCUT2D eigenvalue weighted by Crippen LogP contribution is -2.23. The molecule has 3 aromatic rings. The SMILES string of the molecule is Clc1ccc(Nc2nc(NC3CCCCC3)c3ccccc3n2)cc1Cl. The summed E-state index contributed by atoms with van der Waals surface area (Å²) in [6.07, 6.45) is 6.25. The number of fused-ring (bicyclic) bond motifs is 1.